The molecule has 3 heterocycles. The highest BCUT2D eigenvalue weighted by atomic mass is 16.5. The fourth-order valence-electron chi connectivity index (χ4n) is 4.55. The van der Waals surface area contributed by atoms with Gasteiger partial charge in [0.1, 0.15) is 6.54 Å². The predicted octanol–water partition coefficient (Wildman–Crippen LogP) is 3.24. The maximum absolute atomic E-state index is 13.1. The van der Waals surface area contributed by atoms with Crippen LogP contribution in [0.5, 0.6) is 0 Å². The lowest BCUT2D eigenvalue weighted by Crippen LogP contribution is -2.33. The van der Waals surface area contributed by atoms with Crippen LogP contribution in [0.3, 0.4) is 0 Å². The van der Waals surface area contributed by atoms with Crippen molar-refractivity contribution in [2.75, 3.05) is 6.61 Å². The van der Waals surface area contributed by atoms with E-state index in [1.807, 2.05) is 45.0 Å². The molecule has 0 fully saturated rings. The van der Waals surface area contributed by atoms with Crippen molar-refractivity contribution in [2.24, 2.45) is 0 Å². The Morgan fingerprint density at radius 1 is 1.19 bits per heavy atom. The molecule has 1 N–H and O–H groups in total. The average molecular weight is 490 g/mol. The molecule has 36 heavy (non-hydrogen) atoms. The number of fused-ring (bicyclic) bond motifs is 1. The van der Waals surface area contributed by atoms with E-state index in [2.05, 4.69) is 36.5 Å². The van der Waals surface area contributed by atoms with Gasteiger partial charge < -0.3 is 9.72 Å². The number of rotatable bonds is 10. The smallest absolute Gasteiger partial charge is 0.327 e. The van der Waals surface area contributed by atoms with Crippen LogP contribution in [-0.4, -0.2) is 47.7 Å². The minimum Gasteiger partial charge on any atom is -0.465 e. The first kappa shape index (κ1) is 25.2. The molecule has 0 spiro atoms. The third-order valence-corrected chi connectivity index (χ3v) is 6.14. The molecule has 0 radical (unpaired) electrons. The van der Waals surface area contributed by atoms with Crippen molar-refractivity contribution in [2.45, 2.75) is 59.8 Å². The number of carbonyl (C=O) groups excluding carboxylic acids is 1. The first-order valence-corrected chi connectivity index (χ1v) is 12.1. The molecule has 0 saturated heterocycles. The summed E-state index contributed by atoms with van der Waals surface area (Å²) in [5, 5.41) is 13.1. The van der Waals surface area contributed by atoms with Crippen LogP contribution in [0.15, 0.2) is 47.5 Å². The van der Waals surface area contributed by atoms with Gasteiger partial charge in [-0.3, -0.25) is 19.5 Å². The topological polar surface area (TPSA) is 119 Å². The van der Waals surface area contributed by atoms with Gasteiger partial charge in [-0.2, -0.15) is 0 Å². The highest BCUT2D eigenvalue weighted by molar-refractivity contribution is 5.83. The van der Waals surface area contributed by atoms with Gasteiger partial charge in [0.25, 0.3) is 5.56 Å². The Bertz CT molecular complexity index is 1400. The zero-order valence-electron chi connectivity index (χ0n) is 21.1. The number of tetrazole rings is 1. The van der Waals surface area contributed by atoms with Gasteiger partial charge in [-0.15, -0.1) is 5.10 Å². The average Bonchev–Trinajstić information content (AvgIpc) is 3.28. The van der Waals surface area contributed by atoms with Crippen LogP contribution in [0.25, 0.3) is 10.9 Å². The highest BCUT2D eigenvalue weighted by Crippen LogP contribution is 2.27. The zero-order chi connectivity index (χ0) is 25.7. The van der Waals surface area contributed by atoms with Crippen LogP contribution >= 0.6 is 0 Å². The third-order valence-electron chi connectivity index (χ3n) is 6.14. The number of hydrogen-bond donors (Lipinski definition) is 1. The molecule has 0 bridgehead atoms. The number of aromatic nitrogens is 6. The number of benzene rings is 1. The lowest BCUT2D eigenvalue weighted by Gasteiger charge is -2.30. The second-order valence-corrected chi connectivity index (χ2v) is 8.86. The second kappa shape index (κ2) is 11.2. The molecular weight excluding hydrogens is 458 g/mol. The summed E-state index contributed by atoms with van der Waals surface area (Å²) < 4.78 is 6.56. The van der Waals surface area contributed by atoms with E-state index in [1.54, 1.807) is 19.3 Å². The SMILES string of the molecule is CCOC(=O)Cn1nnnc1[C@H](CC)N(Cc1cccnc1)Cc1cc2c(C)cc(C)cc2[nH]c1=O. The molecule has 4 rings (SSSR count). The van der Waals surface area contributed by atoms with E-state index < -0.39 is 5.97 Å². The van der Waals surface area contributed by atoms with Crippen LogP contribution in [-0.2, 0) is 29.2 Å². The zero-order valence-corrected chi connectivity index (χ0v) is 21.1. The van der Waals surface area contributed by atoms with E-state index in [0.29, 0.717) is 30.9 Å². The lowest BCUT2D eigenvalue weighted by atomic mass is 10.0. The normalized spacial score (nSPS) is 12.2. The molecule has 188 valence electrons. The standard InChI is InChI=1S/C26H31N7O3/c1-5-23(25-29-30-31-33(25)16-24(34)36-6-2)32(14-19-8-7-9-27-13-19)15-20-12-21-18(4)10-17(3)11-22(21)28-26(20)35/h7-13,23H,5-6,14-16H2,1-4H3,(H,28,35)/t23-/m0/s1. The molecular formula is C26H31N7O3. The Morgan fingerprint density at radius 3 is 2.75 bits per heavy atom. The van der Waals surface area contributed by atoms with Crippen molar-refractivity contribution in [1.82, 2.24) is 35.1 Å². The minimum absolute atomic E-state index is 0.0808. The van der Waals surface area contributed by atoms with E-state index in [9.17, 15) is 9.59 Å². The lowest BCUT2D eigenvalue weighted by molar-refractivity contribution is -0.144. The number of H-pyrrole nitrogens is 1. The number of nitrogens with zero attached hydrogens (tertiary/aromatic N) is 6. The molecule has 0 amide bonds. The Balaban J connectivity index is 1.73. The van der Waals surface area contributed by atoms with Crippen molar-refractivity contribution in [1.29, 1.82) is 0 Å². The van der Waals surface area contributed by atoms with Gasteiger partial charge in [0.15, 0.2) is 5.82 Å². The van der Waals surface area contributed by atoms with E-state index in [1.165, 1.54) is 4.68 Å². The summed E-state index contributed by atoms with van der Waals surface area (Å²) in [5.74, 6) is 0.134. The summed E-state index contributed by atoms with van der Waals surface area (Å²) in [7, 11) is 0. The molecule has 1 atom stereocenters. The van der Waals surface area contributed by atoms with E-state index in [0.717, 1.165) is 27.6 Å². The van der Waals surface area contributed by atoms with Crippen molar-refractivity contribution in [3.63, 3.8) is 0 Å². The summed E-state index contributed by atoms with van der Waals surface area (Å²) in [6.07, 6.45) is 4.19. The van der Waals surface area contributed by atoms with Crippen molar-refractivity contribution in [3.05, 3.63) is 81.2 Å². The molecule has 0 aliphatic heterocycles. The number of esters is 1. The summed E-state index contributed by atoms with van der Waals surface area (Å²) in [5.41, 5.74) is 4.52. The van der Waals surface area contributed by atoms with E-state index in [-0.39, 0.29) is 24.8 Å². The van der Waals surface area contributed by atoms with Gasteiger partial charge >= 0.3 is 5.97 Å². The summed E-state index contributed by atoms with van der Waals surface area (Å²) in [6.45, 7) is 8.92. The van der Waals surface area contributed by atoms with Crippen LogP contribution in [0.2, 0.25) is 0 Å². The minimum atomic E-state index is -0.406. The van der Waals surface area contributed by atoms with E-state index >= 15 is 0 Å². The maximum Gasteiger partial charge on any atom is 0.327 e. The number of hydrogen-bond acceptors (Lipinski definition) is 8. The largest absolute Gasteiger partial charge is 0.465 e. The summed E-state index contributed by atoms with van der Waals surface area (Å²) in [6, 6.07) is 9.67. The highest BCUT2D eigenvalue weighted by Gasteiger charge is 2.27. The summed E-state index contributed by atoms with van der Waals surface area (Å²) >= 11 is 0. The van der Waals surface area contributed by atoms with Crippen LogP contribution < -0.4 is 5.56 Å². The Kier molecular flexibility index (Phi) is 7.84. The molecule has 1 aromatic carbocycles. The fraction of sp³-hybridized carbons (Fsp3) is 0.385. The second-order valence-electron chi connectivity index (χ2n) is 8.86. The Hall–Kier alpha value is -3.92. The first-order valence-electron chi connectivity index (χ1n) is 12.1. The third kappa shape index (κ3) is 5.65. The monoisotopic (exact) mass is 489 g/mol. The van der Waals surface area contributed by atoms with Gasteiger partial charge in [-0.1, -0.05) is 19.1 Å². The van der Waals surface area contributed by atoms with Gasteiger partial charge in [-0.25, -0.2) is 4.68 Å². The molecule has 0 aliphatic carbocycles. The molecule has 10 nitrogen and oxygen atoms in total. The van der Waals surface area contributed by atoms with E-state index in [4.69, 9.17) is 4.74 Å². The summed E-state index contributed by atoms with van der Waals surface area (Å²) in [4.78, 5) is 34.7. The number of aryl methyl sites for hydroxylation is 2. The van der Waals surface area contributed by atoms with Gasteiger partial charge in [0.2, 0.25) is 0 Å². The maximum atomic E-state index is 13.1. The number of nitrogens with one attached hydrogen (secondary N) is 1. The Morgan fingerprint density at radius 2 is 2.03 bits per heavy atom. The van der Waals surface area contributed by atoms with Gasteiger partial charge in [-0.05, 0) is 72.5 Å². The van der Waals surface area contributed by atoms with Crippen molar-refractivity contribution in [3.8, 4) is 0 Å². The fourth-order valence-corrected chi connectivity index (χ4v) is 4.55. The van der Waals surface area contributed by atoms with Crippen LogP contribution in [0.4, 0.5) is 0 Å². The van der Waals surface area contributed by atoms with Crippen LogP contribution in [0.1, 0.15) is 54.4 Å². The number of ether oxygens (including phenoxy) is 1. The molecule has 0 aliphatic rings. The van der Waals surface area contributed by atoms with Gasteiger partial charge in [0.05, 0.1) is 12.6 Å². The number of aromatic amines is 1. The quantitative estimate of drug-likeness (QED) is 0.337. The molecule has 0 saturated carbocycles. The number of pyridine rings is 2. The predicted molar refractivity (Wildman–Crippen MR) is 135 cm³/mol. The molecule has 0 unspecified atom stereocenters. The first-order chi connectivity index (χ1) is 17.4. The van der Waals surface area contributed by atoms with Crippen molar-refractivity contribution >= 4 is 16.9 Å². The molecule has 10 heteroatoms. The van der Waals surface area contributed by atoms with Gasteiger partial charge in [0, 0.05) is 41.9 Å². The van der Waals surface area contributed by atoms with Crippen molar-refractivity contribution < 1.29 is 9.53 Å². The molecule has 4 aromatic rings. The number of carbonyl (C=O) groups is 1. The Labute approximate surface area is 209 Å². The van der Waals surface area contributed by atoms with Crippen LogP contribution in [0, 0.1) is 13.8 Å². The molecule has 3 aromatic heterocycles.